The second-order valence-electron chi connectivity index (χ2n) is 7.93. The van der Waals surface area contributed by atoms with Gasteiger partial charge in [0, 0.05) is 17.6 Å². The third kappa shape index (κ3) is 7.36. The quantitative estimate of drug-likeness (QED) is 0.546. The van der Waals surface area contributed by atoms with Crippen LogP contribution < -0.4 is 14.4 Å². The fraction of sp³-hybridized carbons (Fsp3) is 0.391. The van der Waals surface area contributed by atoms with Gasteiger partial charge >= 0.3 is 0 Å². The summed E-state index contributed by atoms with van der Waals surface area (Å²) in [6.07, 6.45) is 1.02. The summed E-state index contributed by atoms with van der Waals surface area (Å²) in [5, 5.41) is 3.29. The molecule has 2 rings (SSSR count). The van der Waals surface area contributed by atoms with Gasteiger partial charge < -0.3 is 15.0 Å². The van der Waals surface area contributed by atoms with E-state index in [1.165, 1.54) is 12.0 Å². The molecule has 0 bridgehead atoms. The lowest BCUT2D eigenvalue weighted by Gasteiger charge is -2.32. The summed E-state index contributed by atoms with van der Waals surface area (Å²) in [4.78, 5) is 27.5. The Balaban J connectivity index is 2.43. The molecule has 0 aromatic heterocycles. The maximum absolute atomic E-state index is 13.5. The third-order valence-electron chi connectivity index (χ3n) is 4.87. The molecule has 33 heavy (non-hydrogen) atoms. The Hall–Kier alpha value is -2.78. The lowest BCUT2D eigenvalue weighted by atomic mass is 10.1. The Morgan fingerprint density at radius 3 is 2.33 bits per heavy atom. The van der Waals surface area contributed by atoms with Gasteiger partial charge in [0.1, 0.15) is 18.3 Å². The van der Waals surface area contributed by atoms with Gasteiger partial charge in [0.05, 0.1) is 19.1 Å². The van der Waals surface area contributed by atoms with E-state index in [1.807, 2.05) is 13.8 Å². The van der Waals surface area contributed by atoms with Crippen LogP contribution in [0.15, 0.2) is 48.5 Å². The summed E-state index contributed by atoms with van der Waals surface area (Å²) in [5.41, 5.74) is 0.945. The number of hydrogen-bond donors (Lipinski definition) is 1. The smallest absolute Gasteiger partial charge is 0.244 e. The zero-order valence-corrected chi connectivity index (χ0v) is 21.0. The van der Waals surface area contributed by atoms with Crippen molar-refractivity contribution in [3.8, 4) is 5.75 Å². The Morgan fingerprint density at radius 1 is 1.09 bits per heavy atom. The highest BCUT2D eigenvalue weighted by atomic mass is 35.5. The Labute approximate surface area is 200 Å². The van der Waals surface area contributed by atoms with Crippen LogP contribution in [-0.2, 0) is 26.2 Å². The van der Waals surface area contributed by atoms with Gasteiger partial charge in [0.25, 0.3) is 0 Å². The van der Waals surface area contributed by atoms with Gasteiger partial charge in [-0.2, -0.15) is 0 Å². The number of anilines is 1. The number of nitrogens with one attached hydrogen (secondary N) is 1. The molecular formula is C23H30ClN3O5S. The first-order chi connectivity index (χ1) is 15.4. The van der Waals surface area contributed by atoms with E-state index < -0.39 is 28.5 Å². The molecule has 0 aliphatic heterocycles. The standard InChI is InChI=1S/C23H30ClN3O5S/c1-16(2)25-23(29)17(3)26(14-18-9-8-10-19(24)13-18)22(28)15-27(33(5,30)31)20-11-6-7-12-21(20)32-4/h6-13,16-17H,14-15H2,1-5H3,(H,25,29)/t17-/m1/s1. The Bertz CT molecular complexity index is 1090. The molecule has 0 aliphatic carbocycles. The Kier molecular flexibility index (Phi) is 9.13. The number of carbonyl (C=O) groups is 2. The molecule has 0 saturated heterocycles. The van der Waals surface area contributed by atoms with Crippen LogP contribution in [0.3, 0.4) is 0 Å². The minimum absolute atomic E-state index is 0.0790. The molecule has 1 atom stereocenters. The average Bonchev–Trinajstić information content (AvgIpc) is 2.74. The van der Waals surface area contributed by atoms with Gasteiger partial charge in [-0.1, -0.05) is 35.9 Å². The normalized spacial score (nSPS) is 12.2. The Morgan fingerprint density at radius 2 is 1.76 bits per heavy atom. The van der Waals surface area contributed by atoms with Crippen molar-refractivity contribution < 1.29 is 22.7 Å². The second-order valence-corrected chi connectivity index (χ2v) is 10.3. The third-order valence-corrected chi connectivity index (χ3v) is 6.23. The summed E-state index contributed by atoms with van der Waals surface area (Å²) in [6, 6.07) is 12.5. The van der Waals surface area contributed by atoms with E-state index in [-0.39, 0.29) is 24.2 Å². The molecular weight excluding hydrogens is 466 g/mol. The van der Waals surface area contributed by atoms with Crippen molar-refractivity contribution in [3.05, 3.63) is 59.1 Å². The number of carbonyl (C=O) groups excluding carboxylic acids is 2. The van der Waals surface area contributed by atoms with Crippen molar-refractivity contribution in [1.82, 2.24) is 10.2 Å². The monoisotopic (exact) mass is 495 g/mol. The zero-order valence-electron chi connectivity index (χ0n) is 19.4. The van der Waals surface area contributed by atoms with Gasteiger partial charge in [0.2, 0.25) is 21.8 Å². The van der Waals surface area contributed by atoms with Crippen molar-refractivity contribution in [2.75, 3.05) is 24.2 Å². The SMILES string of the molecule is COc1ccccc1N(CC(=O)N(Cc1cccc(Cl)c1)[C@H](C)C(=O)NC(C)C)S(C)(=O)=O. The van der Waals surface area contributed by atoms with E-state index in [0.29, 0.717) is 16.3 Å². The predicted molar refractivity (Wildman–Crippen MR) is 130 cm³/mol. The van der Waals surface area contributed by atoms with E-state index in [9.17, 15) is 18.0 Å². The highest BCUT2D eigenvalue weighted by Crippen LogP contribution is 2.29. The highest BCUT2D eigenvalue weighted by molar-refractivity contribution is 7.92. The number of para-hydroxylation sites is 2. The van der Waals surface area contributed by atoms with Gasteiger partial charge in [-0.15, -0.1) is 0 Å². The van der Waals surface area contributed by atoms with Gasteiger partial charge in [0.15, 0.2) is 0 Å². The van der Waals surface area contributed by atoms with Crippen LogP contribution in [0.5, 0.6) is 5.75 Å². The fourth-order valence-electron chi connectivity index (χ4n) is 3.25. The largest absolute Gasteiger partial charge is 0.495 e. The number of nitrogens with zero attached hydrogens (tertiary/aromatic N) is 2. The van der Waals surface area contributed by atoms with Crippen LogP contribution in [0.1, 0.15) is 26.3 Å². The molecule has 1 N–H and O–H groups in total. The highest BCUT2D eigenvalue weighted by Gasteiger charge is 2.31. The van der Waals surface area contributed by atoms with Crippen molar-refractivity contribution in [2.24, 2.45) is 0 Å². The van der Waals surface area contributed by atoms with Crippen LogP contribution in [0, 0.1) is 0 Å². The van der Waals surface area contributed by atoms with E-state index in [4.69, 9.17) is 16.3 Å². The maximum Gasteiger partial charge on any atom is 0.244 e. The molecule has 180 valence electrons. The van der Waals surface area contributed by atoms with Gasteiger partial charge in [-0.3, -0.25) is 13.9 Å². The molecule has 8 nitrogen and oxygen atoms in total. The number of hydrogen-bond acceptors (Lipinski definition) is 5. The number of halogens is 1. The van der Waals surface area contributed by atoms with Crippen molar-refractivity contribution in [3.63, 3.8) is 0 Å². The minimum atomic E-state index is -3.84. The van der Waals surface area contributed by atoms with Crippen LogP contribution >= 0.6 is 11.6 Å². The summed E-state index contributed by atoms with van der Waals surface area (Å²) in [5.74, 6) is -0.580. The van der Waals surface area contributed by atoms with E-state index >= 15 is 0 Å². The van der Waals surface area contributed by atoms with Crippen LogP contribution in [0.25, 0.3) is 0 Å². The number of ether oxygens (including phenoxy) is 1. The number of rotatable bonds is 10. The molecule has 2 aromatic rings. The maximum atomic E-state index is 13.5. The first-order valence-electron chi connectivity index (χ1n) is 10.4. The topological polar surface area (TPSA) is 96.0 Å². The fourth-order valence-corrected chi connectivity index (χ4v) is 4.32. The number of benzene rings is 2. The lowest BCUT2D eigenvalue weighted by Crippen LogP contribution is -2.52. The molecule has 2 amide bonds. The first kappa shape index (κ1) is 26.5. The summed E-state index contributed by atoms with van der Waals surface area (Å²) >= 11 is 6.09. The summed E-state index contributed by atoms with van der Waals surface area (Å²) in [6.45, 7) is 4.82. The van der Waals surface area contributed by atoms with Gasteiger partial charge in [-0.05, 0) is 50.6 Å². The zero-order chi connectivity index (χ0) is 24.8. The molecule has 0 radical (unpaired) electrons. The molecule has 10 heteroatoms. The lowest BCUT2D eigenvalue weighted by molar-refractivity contribution is -0.139. The predicted octanol–water partition coefficient (Wildman–Crippen LogP) is 3.06. The second kappa shape index (κ2) is 11.4. The molecule has 0 aliphatic rings. The first-order valence-corrected chi connectivity index (χ1v) is 12.6. The number of amides is 2. The summed E-state index contributed by atoms with van der Waals surface area (Å²) < 4.78 is 31.5. The summed E-state index contributed by atoms with van der Waals surface area (Å²) in [7, 11) is -2.42. The van der Waals surface area contributed by atoms with Crippen molar-refractivity contribution >= 4 is 39.1 Å². The van der Waals surface area contributed by atoms with E-state index in [0.717, 1.165) is 10.6 Å². The van der Waals surface area contributed by atoms with E-state index in [1.54, 1.807) is 55.5 Å². The van der Waals surface area contributed by atoms with E-state index in [2.05, 4.69) is 5.32 Å². The molecule has 0 unspecified atom stereocenters. The van der Waals surface area contributed by atoms with Crippen molar-refractivity contribution in [2.45, 2.75) is 39.4 Å². The minimum Gasteiger partial charge on any atom is -0.495 e. The molecule has 0 heterocycles. The van der Waals surface area contributed by atoms with Crippen LogP contribution in [-0.4, -0.2) is 57.1 Å². The van der Waals surface area contributed by atoms with Crippen molar-refractivity contribution in [1.29, 1.82) is 0 Å². The average molecular weight is 496 g/mol. The molecule has 0 fully saturated rings. The number of sulfonamides is 1. The van der Waals surface area contributed by atoms with Crippen LogP contribution in [0.4, 0.5) is 5.69 Å². The van der Waals surface area contributed by atoms with Gasteiger partial charge in [-0.25, -0.2) is 8.42 Å². The molecule has 0 spiro atoms. The number of methoxy groups -OCH3 is 1. The molecule has 0 saturated carbocycles. The van der Waals surface area contributed by atoms with Crippen LogP contribution in [0.2, 0.25) is 5.02 Å². The molecule has 2 aromatic carbocycles.